The van der Waals surface area contributed by atoms with Gasteiger partial charge in [0.2, 0.25) is 0 Å². The van der Waals surface area contributed by atoms with Crippen LogP contribution in [0.15, 0.2) is 0 Å². The topological polar surface area (TPSA) is 59.0 Å². The molecule has 0 aliphatic heterocycles. The van der Waals surface area contributed by atoms with Crippen molar-refractivity contribution in [1.82, 2.24) is 0 Å². The molecule has 0 radical (unpaired) electrons. The van der Waals surface area contributed by atoms with Gasteiger partial charge < -0.3 is 10.5 Å². The summed E-state index contributed by atoms with van der Waals surface area (Å²) in [6.07, 6.45) is 5.98. The van der Waals surface area contributed by atoms with E-state index in [0.717, 1.165) is 12.5 Å². The van der Waals surface area contributed by atoms with Crippen LogP contribution in [0.3, 0.4) is 0 Å². The van der Waals surface area contributed by atoms with Crippen LogP contribution in [0.25, 0.3) is 0 Å². The number of rotatable bonds is 6. The molecule has 0 heterocycles. The molecule has 1 rings (SSSR count). The molecule has 1 aliphatic rings. The summed E-state index contributed by atoms with van der Waals surface area (Å²) in [5.74, 6) is 0.907. The van der Waals surface area contributed by atoms with Gasteiger partial charge in [-0.25, -0.2) is 0 Å². The fourth-order valence-corrected chi connectivity index (χ4v) is 1.41. The second kappa shape index (κ2) is 5.95. The van der Waals surface area contributed by atoms with Crippen molar-refractivity contribution in [2.24, 2.45) is 11.7 Å². The maximum absolute atomic E-state index is 8.40. The summed E-state index contributed by atoms with van der Waals surface area (Å²) in [6.45, 7) is 1.46. The first-order chi connectivity index (χ1) is 6.33. The standard InChI is InChI=1S/C10H18N2O/c11-8-10(12)5-7-13-6-4-9-2-1-3-9/h9-10H,1-7,12H2. The highest BCUT2D eigenvalue weighted by Crippen LogP contribution is 2.28. The third-order valence-electron chi connectivity index (χ3n) is 2.63. The van der Waals surface area contributed by atoms with Crippen molar-refractivity contribution in [1.29, 1.82) is 5.26 Å². The first-order valence-electron chi connectivity index (χ1n) is 5.06. The van der Waals surface area contributed by atoms with Crippen LogP contribution in [0.1, 0.15) is 32.1 Å². The van der Waals surface area contributed by atoms with Gasteiger partial charge in [-0.1, -0.05) is 19.3 Å². The van der Waals surface area contributed by atoms with E-state index in [0.29, 0.717) is 13.0 Å². The average molecular weight is 182 g/mol. The number of nitrogens with zero attached hydrogens (tertiary/aromatic N) is 1. The van der Waals surface area contributed by atoms with Crippen LogP contribution < -0.4 is 5.73 Å². The van der Waals surface area contributed by atoms with E-state index in [2.05, 4.69) is 0 Å². The van der Waals surface area contributed by atoms with E-state index in [9.17, 15) is 0 Å². The van der Waals surface area contributed by atoms with Gasteiger partial charge in [-0.2, -0.15) is 5.26 Å². The van der Waals surface area contributed by atoms with Gasteiger partial charge in [0.15, 0.2) is 0 Å². The van der Waals surface area contributed by atoms with Crippen LogP contribution in [0, 0.1) is 17.2 Å². The molecule has 3 heteroatoms. The lowest BCUT2D eigenvalue weighted by atomic mass is 9.83. The average Bonchev–Trinajstić information content (AvgIpc) is 2.07. The summed E-state index contributed by atoms with van der Waals surface area (Å²) in [5, 5.41) is 8.40. The largest absolute Gasteiger partial charge is 0.381 e. The molecule has 1 aliphatic carbocycles. The molecule has 0 spiro atoms. The van der Waals surface area contributed by atoms with Gasteiger partial charge in [-0.15, -0.1) is 0 Å². The van der Waals surface area contributed by atoms with E-state index in [1.54, 1.807) is 0 Å². The number of ether oxygens (including phenoxy) is 1. The molecule has 0 saturated heterocycles. The van der Waals surface area contributed by atoms with Gasteiger partial charge in [0.25, 0.3) is 0 Å². The summed E-state index contributed by atoms with van der Waals surface area (Å²) in [4.78, 5) is 0. The third-order valence-corrected chi connectivity index (χ3v) is 2.63. The molecule has 2 N–H and O–H groups in total. The van der Waals surface area contributed by atoms with Gasteiger partial charge in [-0.05, 0) is 18.8 Å². The van der Waals surface area contributed by atoms with Crippen LogP contribution in [0.4, 0.5) is 0 Å². The molecule has 1 atom stereocenters. The summed E-state index contributed by atoms with van der Waals surface area (Å²) >= 11 is 0. The van der Waals surface area contributed by atoms with Crippen LogP contribution in [0.5, 0.6) is 0 Å². The van der Waals surface area contributed by atoms with Crippen LogP contribution >= 0.6 is 0 Å². The highest BCUT2D eigenvalue weighted by molar-refractivity contribution is 4.85. The zero-order valence-corrected chi connectivity index (χ0v) is 8.04. The van der Waals surface area contributed by atoms with Gasteiger partial charge in [0.1, 0.15) is 0 Å². The molecule has 1 unspecified atom stereocenters. The maximum Gasteiger partial charge on any atom is 0.0950 e. The zero-order chi connectivity index (χ0) is 9.52. The van der Waals surface area contributed by atoms with Crippen LogP contribution in [0.2, 0.25) is 0 Å². The van der Waals surface area contributed by atoms with Crippen molar-refractivity contribution < 1.29 is 4.74 Å². The summed E-state index contributed by atoms with van der Waals surface area (Å²) < 4.78 is 5.38. The zero-order valence-electron chi connectivity index (χ0n) is 8.04. The number of hydrogen-bond acceptors (Lipinski definition) is 3. The van der Waals surface area contributed by atoms with Gasteiger partial charge in [0.05, 0.1) is 12.1 Å². The Kier molecular flexibility index (Phi) is 4.81. The summed E-state index contributed by atoms with van der Waals surface area (Å²) in [7, 11) is 0. The van der Waals surface area contributed by atoms with Gasteiger partial charge in [-0.3, -0.25) is 0 Å². The summed E-state index contributed by atoms with van der Waals surface area (Å²) in [5.41, 5.74) is 5.41. The van der Waals surface area contributed by atoms with E-state index >= 15 is 0 Å². The molecule has 3 nitrogen and oxygen atoms in total. The Morgan fingerprint density at radius 3 is 2.77 bits per heavy atom. The minimum atomic E-state index is -0.358. The molecule has 13 heavy (non-hydrogen) atoms. The minimum absolute atomic E-state index is 0.358. The second-order valence-electron chi connectivity index (χ2n) is 3.72. The Labute approximate surface area is 79.9 Å². The summed E-state index contributed by atoms with van der Waals surface area (Å²) in [6, 6.07) is 1.63. The third kappa shape index (κ3) is 4.25. The molecule has 1 saturated carbocycles. The van der Waals surface area contributed by atoms with E-state index < -0.39 is 0 Å². The Morgan fingerprint density at radius 1 is 1.46 bits per heavy atom. The monoisotopic (exact) mass is 182 g/mol. The highest BCUT2D eigenvalue weighted by atomic mass is 16.5. The first-order valence-corrected chi connectivity index (χ1v) is 5.06. The molecule has 0 aromatic rings. The highest BCUT2D eigenvalue weighted by Gasteiger charge is 2.16. The van der Waals surface area contributed by atoms with Gasteiger partial charge >= 0.3 is 0 Å². The Morgan fingerprint density at radius 2 is 2.23 bits per heavy atom. The molecule has 0 bridgehead atoms. The predicted octanol–water partition coefficient (Wildman–Crippen LogP) is 1.43. The van der Waals surface area contributed by atoms with Crippen molar-refractivity contribution in [3.8, 4) is 6.07 Å². The normalized spacial score (nSPS) is 19.1. The molecule has 0 amide bonds. The first kappa shape index (κ1) is 10.5. The molecule has 0 aromatic heterocycles. The molecule has 0 aromatic carbocycles. The van der Waals surface area contributed by atoms with Crippen molar-refractivity contribution >= 4 is 0 Å². The van der Waals surface area contributed by atoms with Gasteiger partial charge in [0, 0.05) is 13.2 Å². The molecular formula is C10H18N2O. The minimum Gasteiger partial charge on any atom is -0.381 e. The fourth-order valence-electron chi connectivity index (χ4n) is 1.41. The van der Waals surface area contributed by atoms with Crippen molar-refractivity contribution in [3.63, 3.8) is 0 Å². The number of hydrogen-bond donors (Lipinski definition) is 1. The van der Waals surface area contributed by atoms with Crippen molar-refractivity contribution in [2.45, 2.75) is 38.1 Å². The van der Waals surface area contributed by atoms with E-state index in [1.165, 1.54) is 25.7 Å². The lowest BCUT2D eigenvalue weighted by Crippen LogP contribution is -2.20. The fraction of sp³-hybridized carbons (Fsp3) is 0.900. The Hall–Kier alpha value is -0.590. The smallest absolute Gasteiger partial charge is 0.0950 e. The molecular weight excluding hydrogens is 164 g/mol. The van der Waals surface area contributed by atoms with E-state index in [1.807, 2.05) is 6.07 Å². The lowest BCUT2D eigenvalue weighted by molar-refractivity contribution is 0.103. The number of nitriles is 1. The van der Waals surface area contributed by atoms with Crippen molar-refractivity contribution in [2.75, 3.05) is 13.2 Å². The van der Waals surface area contributed by atoms with Crippen molar-refractivity contribution in [3.05, 3.63) is 0 Å². The van der Waals surface area contributed by atoms with E-state index in [-0.39, 0.29) is 6.04 Å². The number of nitrogens with two attached hydrogens (primary N) is 1. The predicted molar refractivity (Wildman–Crippen MR) is 51.0 cm³/mol. The molecule has 74 valence electrons. The van der Waals surface area contributed by atoms with E-state index in [4.69, 9.17) is 15.7 Å². The molecule has 1 fully saturated rings. The quantitative estimate of drug-likeness (QED) is 0.632. The SMILES string of the molecule is N#CC(N)CCOCCC1CCC1. The Balaban J connectivity index is 1.81. The van der Waals surface area contributed by atoms with Crippen LogP contribution in [-0.2, 0) is 4.74 Å². The Bertz CT molecular complexity index is 172. The van der Waals surface area contributed by atoms with Crippen LogP contribution in [-0.4, -0.2) is 19.3 Å². The maximum atomic E-state index is 8.40. The lowest BCUT2D eigenvalue weighted by Gasteiger charge is -2.24. The second-order valence-corrected chi connectivity index (χ2v) is 3.72.